The number of carbonyl (C=O) groups excluding carboxylic acids is 1. The molecule has 0 saturated carbocycles. The zero-order chi connectivity index (χ0) is 44.3. The number of piperazine rings is 1. The number of likely N-dealkylation sites (tertiary alicyclic amines) is 1. The molecule has 0 unspecified atom stereocenters. The number of sulfonamides is 1. The minimum absolute atomic E-state index is 0.00183. The van der Waals surface area contributed by atoms with Gasteiger partial charge in [0.15, 0.2) is 0 Å². The summed E-state index contributed by atoms with van der Waals surface area (Å²) in [5.41, 5.74) is 6.29. The van der Waals surface area contributed by atoms with Crippen LogP contribution in [0.5, 0.6) is 0 Å². The maximum atomic E-state index is 14.0. The Balaban J connectivity index is 0.962. The number of piperidine rings is 1. The third-order valence-corrected chi connectivity index (χ3v) is 15.2. The van der Waals surface area contributed by atoms with Crippen LogP contribution >= 0.6 is 23.2 Å². The highest BCUT2D eigenvalue weighted by Gasteiger charge is 2.32. The van der Waals surface area contributed by atoms with Crippen LogP contribution in [-0.4, -0.2) is 100 Å². The number of carbonyl (C=O) groups is 1. The van der Waals surface area contributed by atoms with Crippen molar-refractivity contribution in [3.05, 3.63) is 122 Å². The highest BCUT2D eigenvalue weighted by molar-refractivity contribution is 7.90. The zero-order valence-electron chi connectivity index (χ0n) is 36.0. The number of ether oxygens (including phenoxy) is 1. The van der Waals surface area contributed by atoms with Gasteiger partial charge in [-0.2, -0.15) is 0 Å². The Morgan fingerprint density at radius 2 is 1.59 bits per heavy atom. The van der Waals surface area contributed by atoms with Crippen LogP contribution in [0.25, 0.3) is 16.7 Å². The number of rotatable bonds is 12. The Morgan fingerprint density at radius 1 is 0.873 bits per heavy atom. The average molecular weight is 916 g/mol. The minimum Gasteiger partial charge on any atom is -0.381 e. The largest absolute Gasteiger partial charge is 0.381 e. The molecule has 0 atom stereocenters. The monoisotopic (exact) mass is 914 g/mol. The standard InChI is InChI=1S/C48H56Cl2N6O6S/c1-48(2)20-15-34(43(31-48)33-7-9-35(49)10-8-33)32-53-23-25-55(26-24-53)38-11-13-41(42(29-38)40-5-3-4-6-44(40)50)47(57)52-63(60,61)39-12-14-45(46(30-39)56(58)59)51-36-16-21-54(22-17-36)37-18-27-62-28-19-37/h3-14,29-30,36-37,51H,15-28,31-32H2,1-2H3,(H,52,57). The molecule has 0 radical (unpaired) electrons. The molecule has 3 fully saturated rings. The second kappa shape index (κ2) is 19.3. The molecule has 12 nitrogen and oxygen atoms in total. The van der Waals surface area contributed by atoms with Gasteiger partial charge in [-0.05, 0) is 116 Å². The van der Waals surface area contributed by atoms with Crippen molar-refractivity contribution < 1.29 is 22.9 Å². The molecule has 4 aromatic rings. The molecule has 1 aliphatic carbocycles. The first kappa shape index (κ1) is 45.1. The van der Waals surface area contributed by atoms with Gasteiger partial charge in [0.25, 0.3) is 21.6 Å². The fraction of sp³-hybridized carbons (Fsp3) is 0.438. The third-order valence-electron chi connectivity index (χ3n) is 13.2. The van der Waals surface area contributed by atoms with Gasteiger partial charge in [0.05, 0.1) is 9.82 Å². The first-order valence-electron chi connectivity index (χ1n) is 22.0. The number of nitro benzene ring substituents is 1. The molecule has 1 amide bonds. The summed E-state index contributed by atoms with van der Waals surface area (Å²) < 4.78 is 35.3. The molecule has 3 aliphatic heterocycles. The summed E-state index contributed by atoms with van der Waals surface area (Å²) in [5, 5.41) is 16.7. The lowest BCUT2D eigenvalue weighted by atomic mass is 9.72. The van der Waals surface area contributed by atoms with Crippen LogP contribution in [0.4, 0.5) is 17.1 Å². The number of hydrogen-bond donors (Lipinski definition) is 2. The summed E-state index contributed by atoms with van der Waals surface area (Å²) in [5.74, 6) is -0.872. The molecule has 15 heteroatoms. The summed E-state index contributed by atoms with van der Waals surface area (Å²) in [7, 11) is -4.53. The lowest BCUT2D eigenvalue weighted by Crippen LogP contribution is -2.47. The van der Waals surface area contributed by atoms with Gasteiger partial charge in [0.2, 0.25) is 0 Å². The Labute approximate surface area is 380 Å². The van der Waals surface area contributed by atoms with E-state index in [1.807, 2.05) is 30.3 Å². The predicted octanol–water partition coefficient (Wildman–Crippen LogP) is 9.53. The molecule has 0 spiro atoms. The number of nitrogens with one attached hydrogen (secondary N) is 2. The van der Waals surface area contributed by atoms with Gasteiger partial charge >= 0.3 is 0 Å². The number of allylic oxidation sites excluding steroid dienone is 1. The molecule has 2 N–H and O–H groups in total. The van der Waals surface area contributed by atoms with Crippen LogP contribution in [-0.2, 0) is 14.8 Å². The number of halogens is 2. The summed E-state index contributed by atoms with van der Waals surface area (Å²) in [4.78, 5) is 32.6. The van der Waals surface area contributed by atoms with Gasteiger partial charge in [-0.25, -0.2) is 13.1 Å². The zero-order valence-corrected chi connectivity index (χ0v) is 38.3. The van der Waals surface area contributed by atoms with Gasteiger partial charge < -0.3 is 19.9 Å². The third kappa shape index (κ3) is 10.7. The van der Waals surface area contributed by atoms with E-state index in [2.05, 4.69) is 50.7 Å². The van der Waals surface area contributed by atoms with Crippen molar-refractivity contribution in [3.63, 3.8) is 0 Å². The molecule has 0 aromatic heterocycles. The maximum absolute atomic E-state index is 14.0. The number of nitro groups is 1. The molecule has 4 aliphatic rings. The Bertz CT molecular complexity index is 2460. The molecule has 3 saturated heterocycles. The van der Waals surface area contributed by atoms with Gasteiger partial charge in [-0.3, -0.25) is 19.8 Å². The molecule has 63 heavy (non-hydrogen) atoms. The van der Waals surface area contributed by atoms with Crippen molar-refractivity contribution in [2.24, 2.45) is 5.41 Å². The lowest BCUT2D eigenvalue weighted by Gasteiger charge is -2.39. The molecule has 0 bridgehead atoms. The van der Waals surface area contributed by atoms with Crippen molar-refractivity contribution in [1.82, 2.24) is 14.5 Å². The van der Waals surface area contributed by atoms with Crippen LogP contribution < -0.4 is 14.9 Å². The second-order valence-corrected chi connectivity index (χ2v) is 20.6. The molecular formula is C48H56Cl2N6O6S. The van der Waals surface area contributed by atoms with Gasteiger partial charge in [-0.15, -0.1) is 0 Å². The van der Waals surface area contributed by atoms with Gasteiger partial charge in [0.1, 0.15) is 5.69 Å². The van der Waals surface area contributed by atoms with Crippen LogP contribution in [0.3, 0.4) is 0 Å². The molecule has 3 heterocycles. The van der Waals surface area contributed by atoms with E-state index in [1.165, 1.54) is 28.8 Å². The van der Waals surface area contributed by atoms with E-state index < -0.39 is 20.9 Å². The molecule has 4 aromatic carbocycles. The van der Waals surface area contributed by atoms with Crippen molar-refractivity contribution >= 4 is 61.8 Å². The Kier molecular flexibility index (Phi) is 13.8. The van der Waals surface area contributed by atoms with Crippen molar-refractivity contribution in [1.29, 1.82) is 0 Å². The van der Waals surface area contributed by atoms with Gasteiger partial charge in [0, 0.05) is 104 Å². The molecular weight excluding hydrogens is 860 g/mol. The van der Waals surface area contributed by atoms with Crippen LogP contribution in [0, 0.1) is 15.5 Å². The van der Waals surface area contributed by atoms with Crippen molar-refractivity contribution in [3.8, 4) is 11.1 Å². The fourth-order valence-corrected chi connectivity index (χ4v) is 10.9. The highest BCUT2D eigenvalue weighted by atomic mass is 35.5. The van der Waals surface area contributed by atoms with E-state index in [-0.39, 0.29) is 33.3 Å². The Morgan fingerprint density at radius 3 is 2.29 bits per heavy atom. The van der Waals surface area contributed by atoms with Crippen LogP contribution in [0.2, 0.25) is 10.0 Å². The molecule has 334 valence electrons. The average Bonchev–Trinajstić information content (AvgIpc) is 3.28. The predicted molar refractivity (Wildman–Crippen MR) is 251 cm³/mol. The normalized spacial score (nSPS) is 19.5. The van der Waals surface area contributed by atoms with E-state index in [0.717, 1.165) is 121 Å². The van der Waals surface area contributed by atoms with E-state index >= 15 is 0 Å². The fourth-order valence-electron chi connectivity index (χ4n) is 9.59. The van der Waals surface area contributed by atoms with Crippen LogP contribution in [0.1, 0.15) is 74.7 Å². The van der Waals surface area contributed by atoms with E-state index in [1.54, 1.807) is 24.3 Å². The summed E-state index contributed by atoms with van der Waals surface area (Å²) in [6.45, 7) is 12.1. The lowest BCUT2D eigenvalue weighted by molar-refractivity contribution is -0.384. The smallest absolute Gasteiger partial charge is 0.293 e. The summed E-state index contributed by atoms with van der Waals surface area (Å²) in [6, 6.07) is 24.9. The number of benzene rings is 4. The highest BCUT2D eigenvalue weighted by Crippen LogP contribution is 2.44. The SMILES string of the molecule is CC1(C)CCC(CN2CCN(c3ccc(C(=O)NS(=O)(=O)c4ccc(NC5CCN(C6CCOCC6)CC5)c([N+](=O)[O-])c4)c(-c4ccccc4Cl)c3)CC2)=C(c2ccc(Cl)cc2)C1. The number of anilines is 2. The summed E-state index contributed by atoms with van der Waals surface area (Å²) in [6.07, 6.45) is 6.85. The maximum Gasteiger partial charge on any atom is 0.293 e. The van der Waals surface area contributed by atoms with Gasteiger partial charge in [-0.1, -0.05) is 73.0 Å². The summed E-state index contributed by atoms with van der Waals surface area (Å²) >= 11 is 13.0. The number of nitrogens with zero attached hydrogens (tertiary/aromatic N) is 4. The van der Waals surface area contributed by atoms with Crippen LogP contribution in [0.15, 0.2) is 95.4 Å². The second-order valence-electron chi connectivity index (χ2n) is 18.1. The minimum atomic E-state index is -4.53. The van der Waals surface area contributed by atoms with Crippen molar-refractivity contribution in [2.45, 2.75) is 75.8 Å². The first-order chi connectivity index (χ1) is 30.2. The van der Waals surface area contributed by atoms with E-state index in [9.17, 15) is 23.3 Å². The topological polar surface area (TPSA) is 137 Å². The van der Waals surface area contributed by atoms with Crippen molar-refractivity contribution in [2.75, 3.05) is 69.2 Å². The number of hydrogen-bond acceptors (Lipinski definition) is 10. The molecule has 8 rings (SSSR count). The van der Waals surface area contributed by atoms with E-state index in [0.29, 0.717) is 22.2 Å². The quantitative estimate of drug-likeness (QED) is 0.104. The number of amides is 1. The first-order valence-corrected chi connectivity index (χ1v) is 24.2. The Hall–Kier alpha value is -4.50. The van der Waals surface area contributed by atoms with E-state index in [4.69, 9.17) is 27.9 Å².